The summed E-state index contributed by atoms with van der Waals surface area (Å²) in [5.41, 5.74) is 2.21. The molecule has 160 valence electrons. The number of nitrogens with one attached hydrogen (secondary N) is 2. The standard InChI is InChI=1S/C22H26N8O/c1-14-19(13-29(28-14)17-6-8-24-9-7-17)26-22-25-12-16-10-15(11-23)21(31)30(20(16)27-22)18-4-2-3-5-18/h10,12-13,17-18,24H,2-9H2,1H3,(H,25,26,27). The Morgan fingerprint density at radius 1 is 1.19 bits per heavy atom. The minimum Gasteiger partial charge on any atom is -0.321 e. The summed E-state index contributed by atoms with van der Waals surface area (Å²) in [6.45, 7) is 3.97. The fraction of sp³-hybridized carbons (Fsp3) is 0.500. The second-order valence-corrected chi connectivity index (χ2v) is 8.47. The molecule has 0 amide bonds. The fourth-order valence-corrected chi connectivity index (χ4v) is 4.74. The van der Waals surface area contributed by atoms with Gasteiger partial charge in [0.25, 0.3) is 5.56 Å². The zero-order valence-electron chi connectivity index (χ0n) is 17.6. The summed E-state index contributed by atoms with van der Waals surface area (Å²) >= 11 is 0. The van der Waals surface area contributed by atoms with Gasteiger partial charge >= 0.3 is 0 Å². The first kappa shape index (κ1) is 19.7. The molecule has 1 saturated carbocycles. The molecular weight excluding hydrogens is 392 g/mol. The Morgan fingerprint density at radius 3 is 2.71 bits per heavy atom. The number of anilines is 2. The van der Waals surface area contributed by atoms with Crippen LogP contribution in [-0.4, -0.2) is 37.4 Å². The average molecular weight is 419 g/mol. The summed E-state index contributed by atoms with van der Waals surface area (Å²) in [5.74, 6) is 0.427. The minimum absolute atomic E-state index is 0.0791. The molecule has 0 bridgehead atoms. The second kappa shape index (κ2) is 8.12. The zero-order chi connectivity index (χ0) is 21.4. The highest BCUT2D eigenvalue weighted by Gasteiger charge is 2.23. The smallest absolute Gasteiger partial charge is 0.270 e. The van der Waals surface area contributed by atoms with Crippen molar-refractivity contribution in [2.24, 2.45) is 0 Å². The van der Waals surface area contributed by atoms with Gasteiger partial charge in [-0.1, -0.05) is 12.8 Å². The molecule has 0 atom stereocenters. The zero-order valence-corrected chi connectivity index (χ0v) is 17.6. The molecular formula is C22H26N8O. The molecule has 31 heavy (non-hydrogen) atoms. The topological polar surface area (TPSA) is 113 Å². The van der Waals surface area contributed by atoms with Gasteiger partial charge in [-0.15, -0.1) is 0 Å². The lowest BCUT2D eigenvalue weighted by molar-refractivity contribution is 0.342. The molecule has 2 N–H and O–H groups in total. The molecule has 1 aliphatic carbocycles. The molecule has 4 heterocycles. The van der Waals surface area contributed by atoms with Crippen LogP contribution in [0.15, 0.2) is 23.3 Å². The van der Waals surface area contributed by atoms with E-state index in [1.165, 1.54) is 0 Å². The average Bonchev–Trinajstić information content (AvgIpc) is 3.44. The largest absolute Gasteiger partial charge is 0.321 e. The van der Waals surface area contributed by atoms with E-state index in [2.05, 4.69) is 20.7 Å². The van der Waals surface area contributed by atoms with E-state index < -0.39 is 0 Å². The van der Waals surface area contributed by atoms with Crippen LogP contribution in [-0.2, 0) is 0 Å². The summed E-state index contributed by atoms with van der Waals surface area (Å²) in [6, 6.07) is 4.09. The molecule has 1 aliphatic heterocycles. The maximum atomic E-state index is 12.9. The third-order valence-corrected chi connectivity index (χ3v) is 6.43. The molecule has 3 aromatic heterocycles. The van der Waals surface area contributed by atoms with Crippen LogP contribution < -0.4 is 16.2 Å². The number of nitriles is 1. The normalized spacial score (nSPS) is 17.8. The van der Waals surface area contributed by atoms with E-state index in [0.717, 1.165) is 63.0 Å². The van der Waals surface area contributed by atoms with Crippen molar-refractivity contribution < 1.29 is 0 Å². The van der Waals surface area contributed by atoms with Gasteiger partial charge in [-0.25, -0.2) is 4.98 Å². The van der Waals surface area contributed by atoms with Gasteiger partial charge in [0.2, 0.25) is 5.95 Å². The van der Waals surface area contributed by atoms with Crippen LogP contribution in [0.5, 0.6) is 0 Å². The monoisotopic (exact) mass is 418 g/mol. The highest BCUT2D eigenvalue weighted by Crippen LogP contribution is 2.31. The fourth-order valence-electron chi connectivity index (χ4n) is 4.74. The Balaban J connectivity index is 1.51. The van der Waals surface area contributed by atoms with Crippen molar-refractivity contribution in [3.63, 3.8) is 0 Å². The van der Waals surface area contributed by atoms with Gasteiger partial charge in [-0.05, 0) is 51.8 Å². The van der Waals surface area contributed by atoms with Gasteiger partial charge in [-0.2, -0.15) is 15.3 Å². The van der Waals surface area contributed by atoms with Crippen LogP contribution in [0.3, 0.4) is 0 Å². The van der Waals surface area contributed by atoms with Crippen molar-refractivity contribution in [1.82, 2.24) is 29.6 Å². The SMILES string of the molecule is Cc1nn(C2CCNCC2)cc1Nc1ncc2cc(C#N)c(=O)n(C3CCCC3)c2n1. The number of aromatic nitrogens is 5. The minimum atomic E-state index is -0.263. The number of hydrogen-bond donors (Lipinski definition) is 2. The number of aryl methyl sites for hydroxylation is 1. The summed E-state index contributed by atoms with van der Waals surface area (Å²) in [6.07, 6.45) is 9.84. The molecule has 0 aromatic carbocycles. The Labute approximate surface area is 180 Å². The van der Waals surface area contributed by atoms with E-state index in [1.54, 1.807) is 16.8 Å². The molecule has 0 spiro atoms. The summed E-state index contributed by atoms with van der Waals surface area (Å²) in [7, 11) is 0. The summed E-state index contributed by atoms with van der Waals surface area (Å²) in [5, 5.41) is 21.5. The van der Waals surface area contributed by atoms with Crippen LogP contribution >= 0.6 is 0 Å². The molecule has 5 rings (SSSR count). The number of pyridine rings is 1. The van der Waals surface area contributed by atoms with E-state index in [1.807, 2.05) is 23.9 Å². The second-order valence-electron chi connectivity index (χ2n) is 8.47. The molecule has 9 nitrogen and oxygen atoms in total. The van der Waals surface area contributed by atoms with Crippen molar-refractivity contribution in [1.29, 1.82) is 5.26 Å². The van der Waals surface area contributed by atoms with E-state index in [4.69, 9.17) is 4.98 Å². The molecule has 0 unspecified atom stereocenters. The predicted octanol–water partition coefficient (Wildman–Crippen LogP) is 2.95. The van der Waals surface area contributed by atoms with Crippen LogP contribution in [0.25, 0.3) is 11.0 Å². The Hall–Kier alpha value is -3.25. The Bertz CT molecular complexity index is 1210. The number of nitrogens with zero attached hydrogens (tertiary/aromatic N) is 6. The van der Waals surface area contributed by atoms with Gasteiger partial charge < -0.3 is 10.6 Å². The third-order valence-electron chi connectivity index (χ3n) is 6.43. The maximum absolute atomic E-state index is 12.9. The molecule has 0 radical (unpaired) electrons. The maximum Gasteiger partial charge on any atom is 0.270 e. The molecule has 1 saturated heterocycles. The number of rotatable bonds is 4. The van der Waals surface area contributed by atoms with Crippen molar-refractivity contribution in [3.05, 3.63) is 40.1 Å². The van der Waals surface area contributed by atoms with Crippen LogP contribution in [0, 0.1) is 18.3 Å². The van der Waals surface area contributed by atoms with Crippen LogP contribution in [0.1, 0.15) is 61.9 Å². The lowest BCUT2D eigenvalue weighted by Gasteiger charge is -2.22. The quantitative estimate of drug-likeness (QED) is 0.669. The van der Waals surface area contributed by atoms with Crippen molar-refractivity contribution in [2.75, 3.05) is 18.4 Å². The first-order valence-corrected chi connectivity index (χ1v) is 11.0. The summed E-state index contributed by atoms with van der Waals surface area (Å²) in [4.78, 5) is 22.1. The Kier molecular flexibility index (Phi) is 5.16. The van der Waals surface area contributed by atoms with Gasteiger partial charge in [0.05, 0.1) is 17.4 Å². The van der Waals surface area contributed by atoms with E-state index >= 15 is 0 Å². The van der Waals surface area contributed by atoms with Gasteiger partial charge in [0.1, 0.15) is 17.3 Å². The first-order chi connectivity index (χ1) is 15.1. The van der Waals surface area contributed by atoms with Gasteiger partial charge in [0.15, 0.2) is 0 Å². The lowest BCUT2D eigenvalue weighted by atomic mass is 10.1. The first-order valence-electron chi connectivity index (χ1n) is 11.0. The predicted molar refractivity (Wildman–Crippen MR) is 117 cm³/mol. The van der Waals surface area contributed by atoms with Crippen LogP contribution in [0.4, 0.5) is 11.6 Å². The van der Waals surface area contributed by atoms with E-state index in [0.29, 0.717) is 23.0 Å². The molecule has 2 aliphatic rings. The molecule has 9 heteroatoms. The molecule has 2 fully saturated rings. The van der Waals surface area contributed by atoms with Crippen molar-refractivity contribution >= 4 is 22.7 Å². The van der Waals surface area contributed by atoms with Crippen LogP contribution in [0.2, 0.25) is 0 Å². The highest BCUT2D eigenvalue weighted by molar-refractivity contribution is 5.77. The Morgan fingerprint density at radius 2 is 1.97 bits per heavy atom. The number of fused-ring (bicyclic) bond motifs is 1. The van der Waals surface area contributed by atoms with E-state index in [9.17, 15) is 10.1 Å². The van der Waals surface area contributed by atoms with E-state index in [-0.39, 0.29) is 17.2 Å². The summed E-state index contributed by atoms with van der Waals surface area (Å²) < 4.78 is 3.74. The van der Waals surface area contributed by atoms with Gasteiger partial charge in [-0.3, -0.25) is 14.0 Å². The van der Waals surface area contributed by atoms with Gasteiger partial charge in [0, 0.05) is 23.8 Å². The van der Waals surface area contributed by atoms with Crippen molar-refractivity contribution in [2.45, 2.75) is 57.5 Å². The van der Waals surface area contributed by atoms with Crippen molar-refractivity contribution in [3.8, 4) is 6.07 Å². The lowest BCUT2D eigenvalue weighted by Crippen LogP contribution is -2.29. The third kappa shape index (κ3) is 3.68. The molecule has 3 aromatic rings. The number of piperidine rings is 1. The number of hydrogen-bond acceptors (Lipinski definition) is 7. The highest BCUT2D eigenvalue weighted by atomic mass is 16.1.